The highest BCUT2D eigenvalue weighted by Gasteiger charge is 2.17. The second-order valence-electron chi connectivity index (χ2n) is 6.07. The molecular weight excluding hydrogens is 451 g/mol. The van der Waals surface area contributed by atoms with Crippen LogP contribution in [0.1, 0.15) is 31.1 Å². The fourth-order valence-electron chi connectivity index (χ4n) is 2.88. The molecule has 0 N–H and O–H groups in total. The molecule has 0 amide bonds. The molecule has 0 fully saturated rings. The zero-order valence-electron chi connectivity index (χ0n) is 14.1. The lowest BCUT2D eigenvalue weighted by molar-refractivity contribution is 0.623. The third-order valence-electron chi connectivity index (χ3n) is 4.23. The van der Waals surface area contributed by atoms with Crippen LogP contribution in [0.4, 0.5) is 4.39 Å². The lowest BCUT2D eigenvalue weighted by atomic mass is 10.1. The van der Waals surface area contributed by atoms with Gasteiger partial charge in [0.25, 0.3) is 0 Å². The van der Waals surface area contributed by atoms with Gasteiger partial charge in [0.15, 0.2) is 0 Å². The molecule has 0 atom stereocenters. The third-order valence-corrected chi connectivity index (χ3v) is 7.98. The maximum absolute atomic E-state index is 14.2. The number of aromatic nitrogens is 2. The van der Waals surface area contributed by atoms with E-state index in [0.717, 1.165) is 34.1 Å². The first-order valence-corrected chi connectivity index (χ1v) is 11.6. The molecule has 0 bridgehead atoms. The van der Waals surface area contributed by atoms with Gasteiger partial charge in [-0.25, -0.2) is 4.39 Å². The first kappa shape index (κ1) is 18.2. The van der Waals surface area contributed by atoms with Crippen LogP contribution in [0.2, 0.25) is 0 Å². The largest absolute Gasteiger partial charge is 0.206 e. The van der Waals surface area contributed by atoms with Crippen molar-refractivity contribution in [2.75, 3.05) is 0 Å². The van der Waals surface area contributed by atoms with Gasteiger partial charge in [-0.05, 0) is 59.1 Å². The summed E-state index contributed by atoms with van der Waals surface area (Å²) < 4.78 is 23.2. The number of fused-ring (bicyclic) bond motifs is 1. The molecule has 134 valence electrons. The molecule has 4 aromatic rings. The molecule has 0 aliphatic carbocycles. The highest BCUT2D eigenvalue weighted by Crippen LogP contribution is 2.41. The Balaban J connectivity index is 1.65. The van der Waals surface area contributed by atoms with Crippen molar-refractivity contribution in [3.05, 3.63) is 45.5 Å². The van der Waals surface area contributed by atoms with Crippen molar-refractivity contribution >= 4 is 61.4 Å². The number of halogens is 2. The monoisotopic (exact) mass is 466 g/mol. The van der Waals surface area contributed by atoms with E-state index >= 15 is 0 Å². The van der Waals surface area contributed by atoms with E-state index in [9.17, 15) is 4.39 Å². The van der Waals surface area contributed by atoms with Gasteiger partial charge < -0.3 is 0 Å². The Kier molecular flexibility index (Phi) is 5.50. The van der Waals surface area contributed by atoms with E-state index in [1.165, 1.54) is 33.9 Å². The fourth-order valence-corrected chi connectivity index (χ4v) is 6.12. The molecule has 0 saturated heterocycles. The van der Waals surface area contributed by atoms with E-state index in [4.69, 9.17) is 0 Å². The lowest BCUT2D eigenvalue weighted by Gasteiger charge is -2.01. The molecule has 0 aliphatic rings. The summed E-state index contributed by atoms with van der Waals surface area (Å²) in [4.78, 5) is 4.94. The number of hydrogen-bond donors (Lipinski definition) is 0. The number of rotatable bonds is 6. The maximum Gasteiger partial charge on any atom is 0.140 e. The summed E-state index contributed by atoms with van der Waals surface area (Å²) in [5.74, 6) is -0.301. The number of hydrogen-bond acceptors (Lipinski definition) is 5. The Bertz CT molecular complexity index is 1050. The molecule has 0 radical (unpaired) electrons. The van der Waals surface area contributed by atoms with E-state index in [1.54, 1.807) is 17.4 Å². The van der Waals surface area contributed by atoms with E-state index in [-0.39, 0.29) is 5.82 Å². The van der Waals surface area contributed by atoms with Crippen LogP contribution in [-0.2, 0) is 6.42 Å². The van der Waals surface area contributed by atoms with Gasteiger partial charge >= 0.3 is 0 Å². The van der Waals surface area contributed by atoms with Crippen molar-refractivity contribution in [3.8, 4) is 20.2 Å². The van der Waals surface area contributed by atoms with Gasteiger partial charge in [-0.1, -0.05) is 19.8 Å². The molecule has 0 aliphatic heterocycles. The Morgan fingerprint density at radius 3 is 2.54 bits per heavy atom. The van der Waals surface area contributed by atoms with E-state index in [1.807, 2.05) is 11.3 Å². The van der Waals surface area contributed by atoms with Crippen molar-refractivity contribution in [1.29, 1.82) is 0 Å². The van der Waals surface area contributed by atoms with Crippen molar-refractivity contribution in [2.24, 2.45) is 0 Å². The summed E-state index contributed by atoms with van der Waals surface area (Å²) in [6.07, 6.45) is 4.93. The average Bonchev–Trinajstić information content (AvgIpc) is 3.37. The SMILES string of the molecule is CCCCCc1ccc(-c2ccc(-c3cc(F)c(Br)c4nsnc34)s2)s1. The van der Waals surface area contributed by atoms with Crippen LogP contribution in [-0.4, -0.2) is 8.75 Å². The molecular formula is C19H16BrFN2S3. The summed E-state index contributed by atoms with van der Waals surface area (Å²) in [5, 5.41) is 0. The number of aryl methyl sites for hydroxylation is 1. The lowest BCUT2D eigenvalue weighted by Crippen LogP contribution is -1.84. The minimum Gasteiger partial charge on any atom is -0.206 e. The van der Waals surface area contributed by atoms with Crippen LogP contribution in [0, 0.1) is 5.82 Å². The minimum absolute atomic E-state index is 0.301. The molecule has 26 heavy (non-hydrogen) atoms. The highest BCUT2D eigenvalue weighted by molar-refractivity contribution is 9.10. The van der Waals surface area contributed by atoms with E-state index in [2.05, 4.69) is 55.9 Å². The first-order chi connectivity index (χ1) is 12.7. The summed E-state index contributed by atoms with van der Waals surface area (Å²) in [7, 11) is 0. The first-order valence-electron chi connectivity index (χ1n) is 8.47. The van der Waals surface area contributed by atoms with Gasteiger partial charge in [-0.15, -0.1) is 22.7 Å². The summed E-state index contributed by atoms with van der Waals surface area (Å²) in [5.41, 5.74) is 2.16. The Hall–Kier alpha value is -1.15. The number of benzene rings is 1. The number of nitrogens with zero attached hydrogens (tertiary/aromatic N) is 2. The molecule has 0 saturated carbocycles. The van der Waals surface area contributed by atoms with Gasteiger partial charge in [0.2, 0.25) is 0 Å². The van der Waals surface area contributed by atoms with Crippen LogP contribution in [0.15, 0.2) is 34.8 Å². The van der Waals surface area contributed by atoms with Crippen molar-refractivity contribution < 1.29 is 4.39 Å². The van der Waals surface area contributed by atoms with Crippen LogP contribution in [0.5, 0.6) is 0 Å². The molecule has 7 heteroatoms. The standard InChI is InChI=1S/C19H16BrFN2S3/c1-2-3-4-5-11-6-7-15(24-11)16-9-8-14(25-16)12-10-13(21)17(20)19-18(12)22-26-23-19/h6-10H,2-5H2,1H3. The molecule has 2 nitrogen and oxygen atoms in total. The Labute approximate surface area is 172 Å². The molecule has 4 rings (SSSR count). The third kappa shape index (κ3) is 3.50. The molecule has 1 aromatic carbocycles. The second-order valence-corrected chi connectivity index (χ2v) is 9.64. The Morgan fingerprint density at radius 2 is 1.69 bits per heavy atom. The fraction of sp³-hybridized carbons (Fsp3) is 0.263. The van der Waals surface area contributed by atoms with Gasteiger partial charge in [0.1, 0.15) is 16.9 Å². The van der Waals surface area contributed by atoms with Gasteiger partial charge in [-0.3, -0.25) is 0 Å². The summed E-state index contributed by atoms with van der Waals surface area (Å²) >= 11 is 7.92. The van der Waals surface area contributed by atoms with Crippen molar-refractivity contribution in [2.45, 2.75) is 32.6 Å². The predicted molar refractivity (Wildman–Crippen MR) is 115 cm³/mol. The Morgan fingerprint density at radius 1 is 0.962 bits per heavy atom. The van der Waals surface area contributed by atoms with Crippen molar-refractivity contribution in [1.82, 2.24) is 8.75 Å². The molecule has 3 aromatic heterocycles. The topological polar surface area (TPSA) is 25.8 Å². The maximum atomic E-state index is 14.2. The normalized spacial score (nSPS) is 11.5. The summed E-state index contributed by atoms with van der Waals surface area (Å²) in [6.45, 7) is 2.23. The minimum atomic E-state index is -0.301. The average molecular weight is 467 g/mol. The molecule has 0 unspecified atom stereocenters. The number of unbranched alkanes of at least 4 members (excludes halogenated alkanes) is 2. The second kappa shape index (κ2) is 7.84. The van der Waals surface area contributed by atoms with Crippen LogP contribution >= 0.6 is 50.3 Å². The van der Waals surface area contributed by atoms with Crippen LogP contribution in [0.3, 0.4) is 0 Å². The summed E-state index contributed by atoms with van der Waals surface area (Å²) in [6, 6.07) is 10.2. The van der Waals surface area contributed by atoms with Crippen LogP contribution < -0.4 is 0 Å². The van der Waals surface area contributed by atoms with Gasteiger partial charge in [-0.2, -0.15) is 8.75 Å². The quantitative estimate of drug-likeness (QED) is 0.271. The van der Waals surface area contributed by atoms with Gasteiger partial charge in [0.05, 0.1) is 16.2 Å². The highest BCUT2D eigenvalue weighted by atomic mass is 79.9. The zero-order valence-corrected chi connectivity index (χ0v) is 18.1. The van der Waals surface area contributed by atoms with E-state index in [0.29, 0.717) is 9.99 Å². The van der Waals surface area contributed by atoms with E-state index < -0.39 is 0 Å². The molecule has 0 spiro atoms. The molecule has 3 heterocycles. The van der Waals surface area contributed by atoms with Crippen molar-refractivity contribution in [3.63, 3.8) is 0 Å². The van der Waals surface area contributed by atoms with Gasteiger partial charge in [0, 0.05) is 25.1 Å². The predicted octanol–water partition coefficient (Wildman–Crippen LogP) is 7.78. The van der Waals surface area contributed by atoms with Crippen LogP contribution in [0.25, 0.3) is 31.2 Å². The zero-order chi connectivity index (χ0) is 18.1. The number of thiophene rings is 2. The smallest absolute Gasteiger partial charge is 0.140 e.